The Kier molecular flexibility index (Phi) is 5.79. The quantitative estimate of drug-likeness (QED) is 0.752. The fraction of sp³-hybridized carbons (Fsp3) is 0.400. The van der Waals surface area contributed by atoms with E-state index in [9.17, 15) is 13.2 Å². The Morgan fingerprint density at radius 2 is 2.00 bits per heavy atom. The van der Waals surface area contributed by atoms with Crippen LogP contribution in [0.15, 0.2) is 47.6 Å². The van der Waals surface area contributed by atoms with Crippen LogP contribution in [0.25, 0.3) is 0 Å². The van der Waals surface area contributed by atoms with Gasteiger partial charge in [0.1, 0.15) is 4.90 Å². The van der Waals surface area contributed by atoms with E-state index in [-0.39, 0.29) is 16.4 Å². The van der Waals surface area contributed by atoms with Gasteiger partial charge >= 0.3 is 0 Å². The molecular formula is C20H25N3O3S. The third-order valence-electron chi connectivity index (χ3n) is 4.49. The number of carbonyl (C=O) groups excluding carboxylic acids is 1. The van der Waals surface area contributed by atoms with Crippen molar-refractivity contribution in [2.24, 2.45) is 5.92 Å². The minimum atomic E-state index is -3.90. The van der Waals surface area contributed by atoms with E-state index in [1.807, 2.05) is 13.8 Å². The molecule has 0 atom stereocenters. The lowest BCUT2D eigenvalue weighted by atomic mass is 10.2. The molecule has 1 N–H and O–H groups in total. The summed E-state index contributed by atoms with van der Waals surface area (Å²) in [7, 11) is -3.90. The monoisotopic (exact) mass is 387 g/mol. The molecule has 1 aliphatic rings. The molecule has 27 heavy (non-hydrogen) atoms. The van der Waals surface area contributed by atoms with Crippen LogP contribution in [0.2, 0.25) is 0 Å². The summed E-state index contributed by atoms with van der Waals surface area (Å²) in [5.41, 5.74) is 1.43. The number of rotatable bonds is 8. The molecule has 1 amide bonds. The lowest BCUT2D eigenvalue weighted by Gasteiger charge is -2.23. The Morgan fingerprint density at radius 1 is 1.26 bits per heavy atom. The van der Waals surface area contributed by atoms with Gasteiger partial charge in [0.2, 0.25) is 0 Å². The first kappa shape index (κ1) is 19.4. The Morgan fingerprint density at radius 3 is 2.67 bits per heavy atom. The van der Waals surface area contributed by atoms with Crippen LogP contribution in [-0.2, 0) is 10.0 Å². The van der Waals surface area contributed by atoms with E-state index in [0.717, 1.165) is 24.8 Å². The molecule has 3 rings (SSSR count). The van der Waals surface area contributed by atoms with Crippen LogP contribution < -0.4 is 4.72 Å². The van der Waals surface area contributed by atoms with Crippen molar-refractivity contribution in [1.29, 1.82) is 0 Å². The molecule has 0 unspecified atom stereocenters. The van der Waals surface area contributed by atoms with Crippen LogP contribution in [0.4, 0.5) is 5.69 Å². The molecule has 0 aliphatic heterocycles. The van der Waals surface area contributed by atoms with Gasteiger partial charge in [-0.25, -0.2) is 8.42 Å². The predicted molar refractivity (Wildman–Crippen MR) is 105 cm³/mol. The molecule has 2 aromatic rings. The minimum Gasteiger partial charge on any atom is -0.338 e. The maximum Gasteiger partial charge on any atom is 0.262 e. The summed E-state index contributed by atoms with van der Waals surface area (Å²) >= 11 is 0. The summed E-state index contributed by atoms with van der Waals surface area (Å²) in [6, 6.07) is 8.08. The second-order valence-corrected chi connectivity index (χ2v) is 8.70. The van der Waals surface area contributed by atoms with Crippen molar-refractivity contribution in [3.05, 3.63) is 53.9 Å². The van der Waals surface area contributed by atoms with E-state index in [1.165, 1.54) is 12.3 Å². The molecular weight excluding hydrogens is 362 g/mol. The average molecular weight is 388 g/mol. The van der Waals surface area contributed by atoms with Crippen LogP contribution in [0.1, 0.15) is 42.1 Å². The van der Waals surface area contributed by atoms with Gasteiger partial charge in [-0.05, 0) is 55.9 Å². The van der Waals surface area contributed by atoms with Gasteiger partial charge in [0.25, 0.3) is 15.9 Å². The smallest absolute Gasteiger partial charge is 0.262 e. The highest BCUT2D eigenvalue weighted by molar-refractivity contribution is 7.92. The summed E-state index contributed by atoms with van der Waals surface area (Å²) in [6.07, 6.45) is 6.20. The van der Waals surface area contributed by atoms with Crippen LogP contribution in [0, 0.1) is 12.8 Å². The van der Waals surface area contributed by atoms with Gasteiger partial charge in [-0.15, -0.1) is 0 Å². The summed E-state index contributed by atoms with van der Waals surface area (Å²) < 4.78 is 28.4. The van der Waals surface area contributed by atoms with Gasteiger partial charge in [0.05, 0.1) is 17.4 Å². The molecule has 1 aromatic carbocycles. The number of amides is 1. The molecule has 0 spiro atoms. The lowest BCUT2D eigenvalue weighted by molar-refractivity contribution is 0.0744. The zero-order valence-electron chi connectivity index (χ0n) is 15.7. The van der Waals surface area contributed by atoms with Crippen LogP contribution in [-0.4, -0.2) is 37.3 Å². The fourth-order valence-electron chi connectivity index (χ4n) is 3.03. The maximum atomic E-state index is 13.1. The van der Waals surface area contributed by atoms with Crippen molar-refractivity contribution in [2.75, 3.05) is 17.8 Å². The normalized spacial score (nSPS) is 14.0. The number of anilines is 1. The molecule has 0 saturated heterocycles. The van der Waals surface area contributed by atoms with Crippen molar-refractivity contribution in [2.45, 2.75) is 38.0 Å². The molecule has 7 heteroatoms. The van der Waals surface area contributed by atoms with Crippen LogP contribution >= 0.6 is 0 Å². The maximum absolute atomic E-state index is 13.1. The molecule has 1 aliphatic carbocycles. The molecule has 1 aromatic heterocycles. The van der Waals surface area contributed by atoms with Gasteiger partial charge in [0, 0.05) is 19.3 Å². The van der Waals surface area contributed by atoms with Crippen molar-refractivity contribution in [3.8, 4) is 0 Å². The second-order valence-electron chi connectivity index (χ2n) is 7.05. The number of hydrogen-bond donors (Lipinski definition) is 1. The Labute approximate surface area is 160 Å². The SMILES string of the molecule is CCCN(CC1CC1)C(=O)c1ccccc1S(=O)(=O)Nc1cncc(C)c1. The zero-order chi connectivity index (χ0) is 19.4. The largest absolute Gasteiger partial charge is 0.338 e. The number of hydrogen-bond acceptors (Lipinski definition) is 4. The zero-order valence-corrected chi connectivity index (χ0v) is 16.5. The second kappa shape index (κ2) is 8.08. The third kappa shape index (κ3) is 4.86. The molecule has 6 nitrogen and oxygen atoms in total. The van der Waals surface area contributed by atoms with E-state index < -0.39 is 10.0 Å². The fourth-order valence-corrected chi connectivity index (χ4v) is 4.26. The van der Waals surface area contributed by atoms with E-state index in [4.69, 9.17) is 0 Å². The number of nitrogens with zero attached hydrogens (tertiary/aromatic N) is 2. The topological polar surface area (TPSA) is 79.4 Å². The van der Waals surface area contributed by atoms with Crippen molar-refractivity contribution < 1.29 is 13.2 Å². The summed E-state index contributed by atoms with van der Waals surface area (Å²) in [5.74, 6) is 0.313. The van der Waals surface area contributed by atoms with Gasteiger partial charge in [-0.1, -0.05) is 19.1 Å². The molecule has 0 bridgehead atoms. The van der Waals surface area contributed by atoms with Gasteiger partial charge in [0.15, 0.2) is 0 Å². The highest BCUT2D eigenvalue weighted by atomic mass is 32.2. The summed E-state index contributed by atoms with van der Waals surface area (Å²) in [5, 5.41) is 0. The number of aromatic nitrogens is 1. The van der Waals surface area contributed by atoms with E-state index in [0.29, 0.717) is 24.7 Å². The van der Waals surface area contributed by atoms with Gasteiger partial charge < -0.3 is 4.90 Å². The number of nitrogens with one attached hydrogen (secondary N) is 1. The Balaban J connectivity index is 1.90. The molecule has 1 saturated carbocycles. The predicted octanol–water partition coefficient (Wildman–Crippen LogP) is 3.45. The summed E-state index contributed by atoms with van der Waals surface area (Å²) in [6.45, 7) is 5.17. The highest BCUT2D eigenvalue weighted by Crippen LogP contribution is 2.31. The van der Waals surface area contributed by atoms with Gasteiger partial charge in [-0.3, -0.25) is 14.5 Å². The van der Waals surface area contributed by atoms with Gasteiger partial charge in [-0.2, -0.15) is 0 Å². The number of benzene rings is 1. The average Bonchev–Trinajstić information content (AvgIpc) is 3.44. The number of pyridine rings is 1. The van der Waals surface area contributed by atoms with Crippen molar-refractivity contribution in [3.63, 3.8) is 0 Å². The number of aryl methyl sites for hydroxylation is 1. The molecule has 1 fully saturated rings. The van der Waals surface area contributed by atoms with E-state index >= 15 is 0 Å². The summed E-state index contributed by atoms with van der Waals surface area (Å²) in [4.78, 5) is 18.9. The third-order valence-corrected chi connectivity index (χ3v) is 5.93. The standard InChI is InChI=1S/C20H25N3O3S/c1-3-10-23(14-16-8-9-16)20(24)18-6-4-5-7-19(18)27(25,26)22-17-11-15(2)12-21-13-17/h4-7,11-13,16,22H,3,8-10,14H2,1-2H3. The lowest BCUT2D eigenvalue weighted by Crippen LogP contribution is -2.34. The minimum absolute atomic E-state index is 0.00611. The molecule has 0 radical (unpaired) electrons. The first-order chi connectivity index (χ1) is 12.9. The first-order valence-corrected chi connectivity index (χ1v) is 10.7. The van der Waals surface area contributed by atoms with Crippen LogP contribution in [0.5, 0.6) is 0 Å². The Bertz CT molecular complexity index is 924. The van der Waals surface area contributed by atoms with Crippen molar-refractivity contribution in [1.82, 2.24) is 9.88 Å². The molecule has 1 heterocycles. The number of sulfonamides is 1. The Hall–Kier alpha value is -2.41. The first-order valence-electron chi connectivity index (χ1n) is 9.23. The highest BCUT2D eigenvalue weighted by Gasteiger charge is 2.30. The van der Waals surface area contributed by atoms with E-state index in [2.05, 4.69) is 9.71 Å². The molecule has 144 valence electrons. The van der Waals surface area contributed by atoms with Crippen LogP contribution in [0.3, 0.4) is 0 Å². The van der Waals surface area contributed by atoms with E-state index in [1.54, 1.807) is 35.4 Å². The number of carbonyl (C=O) groups is 1. The van der Waals surface area contributed by atoms with Crippen molar-refractivity contribution >= 4 is 21.6 Å².